The molecule has 2 rings (SSSR count). The summed E-state index contributed by atoms with van der Waals surface area (Å²) in [6.45, 7) is 5.51. The Kier molecular flexibility index (Phi) is 5.27. The second-order valence-corrected chi connectivity index (χ2v) is 6.82. The topological polar surface area (TPSA) is 84.0 Å². The predicted molar refractivity (Wildman–Crippen MR) is 82.2 cm³/mol. The number of rotatable bonds is 5. The zero-order valence-electron chi connectivity index (χ0n) is 12.7. The number of nitrogens with zero attached hydrogens (tertiary/aromatic N) is 2. The van der Waals surface area contributed by atoms with Crippen molar-refractivity contribution in [2.24, 2.45) is 5.92 Å². The van der Waals surface area contributed by atoms with Crippen LogP contribution in [0.1, 0.15) is 57.4 Å². The van der Waals surface area contributed by atoms with E-state index < -0.39 is 6.04 Å². The van der Waals surface area contributed by atoms with Gasteiger partial charge in [-0.3, -0.25) is 14.9 Å². The molecule has 1 atom stereocenters. The van der Waals surface area contributed by atoms with E-state index in [4.69, 9.17) is 0 Å². The fourth-order valence-electron chi connectivity index (χ4n) is 2.61. The zero-order valence-corrected chi connectivity index (χ0v) is 13.5. The second kappa shape index (κ2) is 6.98. The Balaban J connectivity index is 2.04. The van der Waals surface area contributed by atoms with Crippen LogP contribution in [0.4, 0.5) is 5.13 Å². The van der Waals surface area contributed by atoms with E-state index in [0.29, 0.717) is 5.13 Å². The molecule has 6 nitrogen and oxygen atoms in total. The minimum atomic E-state index is -0.476. The van der Waals surface area contributed by atoms with Crippen molar-refractivity contribution in [2.75, 3.05) is 5.32 Å². The summed E-state index contributed by atoms with van der Waals surface area (Å²) in [4.78, 5) is 23.8. The van der Waals surface area contributed by atoms with E-state index in [1.54, 1.807) is 0 Å². The van der Waals surface area contributed by atoms with Crippen molar-refractivity contribution in [3.63, 3.8) is 0 Å². The molecule has 1 fully saturated rings. The van der Waals surface area contributed by atoms with Gasteiger partial charge < -0.3 is 5.32 Å². The number of carbonyl (C=O) groups excluding carboxylic acids is 2. The molecule has 0 aliphatic heterocycles. The molecule has 2 amide bonds. The molecule has 0 bridgehead atoms. The molecule has 0 saturated heterocycles. The van der Waals surface area contributed by atoms with Crippen molar-refractivity contribution in [3.05, 3.63) is 5.01 Å². The molecule has 7 heteroatoms. The highest BCUT2D eigenvalue weighted by Gasteiger charge is 2.31. The van der Waals surface area contributed by atoms with Crippen LogP contribution in [0.25, 0.3) is 0 Å². The van der Waals surface area contributed by atoms with Crippen molar-refractivity contribution >= 4 is 28.3 Å². The van der Waals surface area contributed by atoms with E-state index in [0.717, 1.165) is 30.7 Å². The molecular weight excluding hydrogens is 288 g/mol. The lowest BCUT2D eigenvalue weighted by Crippen LogP contribution is -2.47. The van der Waals surface area contributed by atoms with E-state index in [9.17, 15) is 9.59 Å². The van der Waals surface area contributed by atoms with Crippen LogP contribution < -0.4 is 10.6 Å². The predicted octanol–water partition coefficient (Wildman–Crippen LogP) is 2.29. The Labute approximate surface area is 128 Å². The van der Waals surface area contributed by atoms with Gasteiger partial charge in [0, 0.05) is 12.8 Å². The van der Waals surface area contributed by atoms with Crippen LogP contribution in [0.2, 0.25) is 0 Å². The summed E-state index contributed by atoms with van der Waals surface area (Å²) >= 11 is 1.38. The van der Waals surface area contributed by atoms with Gasteiger partial charge in [-0.15, -0.1) is 10.2 Å². The van der Waals surface area contributed by atoms with E-state index in [-0.39, 0.29) is 23.7 Å². The summed E-state index contributed by atoms with van der Waals surface area (Å²) in [5, 5.41) is 15.0. The molecule has 1 aromatic heterocycles. The van der Waals surface area contributed by atoms with Crippen molar-refractivity contribution in [1.29, 1.82) is 0 Å². The number of nitrogens with one attached hydrogen (secondary N) is 2. The summed E-state index contributed by atoms with van der Waals surface area (Å²) in [7, 11) is 0. The number of amides is 2. The summed E-state index contributed by atoms with van der Waals surface area (Å²) in [5.74, 6) is 0.131. The first-order valence-corrected chi connectivity index (χ1v) is 8.20. The van der Waals surface area contributed by atoms with Crippen molar-refractivity contribution in [2.45, 2.75) is 58.4 Å². The molecule has 1 aliphatic rings. The smallest absolute Gasteiger partial charge is 0.249 e. The Morgan fingerprint density at radius 1 is 1.24 bits per heavy atom. The monoisotopic (exact) mass is 310 g/mol. The first kappa shape index (κ1) is 15.9. The van der Waals surface area contributed by atoms with Crippen LogP contribution in [0, 0.1) is 5.92 Å². The molecule has 116 valence electrons. The zero-order chi connectivity index (χ0) is 15.4. The number of hydrogen-bond acceptors (Lipinski definition) is 5. The molecule has 1 saturated carbocycles. The maximum absolute atomic E-state index is 12.4. The first-order valence-electron chi connectivity index (χ1n) is 7.38. The molecule has 0 aromatic carbocycles. The summed E-state index contributed by atoms with van der Waals surface area (Å²) in [6.07, 6.45) is 4.19. The number of hydrogen-bond donors (Lipinski definition) is 2. The van der Waals surface area contributed by atoms with Gasteiger partial charge in [0.2, 0.25) is 16.9 Å². The summed E-state index contributed by atoms with van der Waals surface area (Å²) < 4.78 is 0. The maximum Gasteiger partial charge on any atom is 0.249 e. The fourth-order valence-corrected chi connectivity index (χ4v) is 3.36. The van der Waals surface area contributed by atoms with Crippen LogP contribution in [-0.4, -0.2) is 28.1 Å². The number of aromatic nitrogens is 2. The highest BCUT2D eigenvalue weighted by Crippen LogP contribution is 2.29. The average molecular weight is 310 g/mol. The van der Waals surface area contributed by atoms with Crippen LogP contribution in [-0.2, 0) is 9.59 Å². The number of carbonyl (C=O) groups is 2. The van der Waals surface area contributed by atoms with Crippen LogP contribution in [0.5, 0.6) is 0 Å². The van der Waals surface area contributed by atoms with E-state index in [1.165, 1.54) is 18.3 Å². The van der Waals surface area contributed by atoms with E-state index in [1.807, 2.05) is 13.8 Å². The fraction of sp³-hybridized carbons (Fsp3) is 0.714. The Hall–Kier alpha value is -1.50. The van der Waals surface area contributed by atoms with Crippen molar-refractivity contribution in [3.8, 4) is 0 Å². The number of anilines is 1. The minimum absolute atomic E-state index is 0.179. The van der Waals surface area contributed by atoms with Crippen LogP contribution >= 0.6 is 11.3 Å². The summed E-state index contributed by atoms with van der Waals surface area (Å²) in [5.41, 5.74) is 0. The highest BCUT2D eigenvalue weighted by molar-refractivity contribution is 7.15. The standard InChI is InChI=1S/C14H22N4O2S/c1-8(2)13-17-18-14(21-13)16-12(20)11(15-9(3)19)10-6-4-5-7-10/h8,10-11H,4-7H2,1-3H3,(H,15,19)(H,16,18,20)/t11-/m1/s1. The van der Waals surface area contributed by atoms with Gasteiger partial charge in [-0.2, -0.15) is 0 Å². The molecule has 1 heterocycles. The van der Waals surface area contributed by atoms with Gasteiger partial charge in [0.05, 0.1) is 0 Å². The Morgan fingerprint density at radius 3 is 2.43 bits per heavy atom. The third kappa shape index (κ3) is 4.23. The third-order valence-corrected chi connectivity index (χ3v) is 4.82. The van der Waals surface area contributed by atoms with Crippen molar-refractivity contribution < 1.29 is 9.59 Å². The lowest BCUT2D eigenvalue weighted by Gasteiger charge is -2.22. The first-order chi connectivity index (χ1) is 9.97. The molecule has 2 N–H and O–H groups in total. The van der Waals surface area contributed by atoms with Gasteiger partial charge in [-0.25, -0.2) is 0 Å². The summed E-state index contributed by atoms with van der Waals surface area (Å²) in [6, 6.07) is -0.476. The Morgan fingerprint density at radius 2 is 1.90 bits per heavy atom. The average Bonchev–Trinajstić information content (AvgIpc) is 3.06. The molecule has 21 heavy (non-hydrogen) atoms. The van der Waals surface area contributed by atoms with Crippen LogP contribution in [0.15, 0.2) is 0 Å². The lowest BCUT2D eigenvalue weighted by atomic mass is 9.97. The van der Waals surface area contributed by atoms with Crippen molar-refractivity contribution in [1.82, 2.24) is 15.5 Å². The van der Waals surface area contributed by atoms with Gasteiger partial charge >= 0.3 is 0 Å². The maximum atomic E-state index is 12.4. The largest absolute Gasteiger partial charge is 0.344 e. The van der Waals surface area contributed by atoms with E-state index in [2.05, 4.69) is 20.8 Å². The van der Waals surface area contributed by atoms with E-state index >= 15 is 0 Å². The van der Waals surface area contributed by atoms with Gasteiger partial charge in [0.25, 0.3) is 0 Å². The third-order valence-electron chi connectivity index (χ3n) is 3.68. The Bertz CT molecular complexity index is 509. The molecule has 1 aliphatic carbocycles. The SMILES string of the molecule is CC(=O)N[C@@H](C(=O)Nc1nnc(C(C)C)s1)C1CCCC1. The highest BCUT2D eigenvalue weighted by atomic mass is 32.1. The molecular formula is C14H22N4O2S. The van der Waals surface area contributed by atoms with Gasteiger partial charge in [-0.1, -0.05) is 38.0 Å². The van der Waals surface area contributed by atoms with Crippen LogP contribution in [0.3, 0.4) is 0 Å². The van der Waals surface area contributed by atoms with Gasteiger partial charge in [0.1, 0.15) is 11.0 Å². The van der Waals surface area contributed by atoms with Gasteiger partial charge in [0.15, 0.2) is 0 Å². The second-order valence-electron chi connectivity index (χ2n) is 5.81. The molecule has 0 spiro atoms. The molecule has 1 aromatic rings. The quantitative estimate of drug-likeness (QED) is 0.874. The lowest BCUT2D eigenvalue weighted by molar-refractivity contribution is -0.126. The normalized spacial score (nSPS) is 17.0. The van der Waals surface area contributed by atoms with Gasteiger partial charge in [-0.05, 0) is 18.8 Å². The minimum Gasteiger partial charge on any atom is -0.344 e. The molecule has 0 radical (unpaired) electrons. The molecule has 0 unspecified atom stereocenters.